The van der Waals surface area contributed by atoms with Gasteiger partial charge in [-0.3, -0.25) is 9.98 Å². The van der Waals surface area contributed by atoms with Crippen molar-refractivity contribution >= 4 is 50.9 Å². The first-order valence-electron chi connectivity index (χ1n) is 11.8. The predicted octanol–water partition coefficient (Wildman–Crippen LogP) is 1.81. The first kappa shape index (κ1) is 37.4. The molecule has 0 fully saturated rings. The Balaban J connectivity index is 0. The molecular weight excluding hydrogens is 563 g/mol. The number of aromatic hydroxyl groups is 2. The molecule has 0 saturated carbocycles. The van der Waals surface area contributed by atoms with Crippen LogP contribution in [0.2, 0.25) is 39.3 Å². The van der Waals surface area contributed by atoms with Gasteiger partial charge in [0.25, 0.3) is 0 Å². The van der Waals surface area contributed by atoms with E-state index in [0.717, 1.165) is 36.1 Å². The van der Waals surface area contributed by atoms with Crippen molar-refractivity contribution in [2.75, 3.05) is 6.67 Å². The Kier molecular flexibility index (Phi) is 16.0. The summed E-state index contributed by atoms with van der Waals surface area (Å²) in [5.41, 5.74) is 3.21. The van der Waals surface area contributed by atoms with Crippen molar-refractivity contribution in [3.8, 4) is 11.5 Å². The third-order valence-corrected chi connectivity index (χ3v) is 9.06. The maximum absolute atomic E-state index is 10.4. The van der Waals surface area contributed by atoms with Gasteiger partial charge in [0.1, 0.15) is 18.2 Å². The smallest absolute Gasteiger partial charge is 0.550 e. The molecule has 2 aromatic rings. The van der Waals surface area contributed by atoms with Crippen molar-refractivity contribution in [3.05, 3.63) is 46.5 Å². The van der Waals surface area contributed by atoms with Gasteiger partial charge in [-0.05, 0) is 38.8 Å². The number of benzene rings is 2. The Morgan fingerprint density at radius 1 is 0.737 bits per heavy atom. The zero-order valence-electron chi connectivity index (χ0n) is 23.9. The van der Waals surface area contributed by atoms with Crippen LogP contribution in [0.15, 0.2) is 34.3 Å². The molecule has 0 unspecified atom stereocenters. The van der Waals surface area contributed by atoms with Crippen LogP contribution in [0.1, 0.15) is 36.1 Å². The second-order valence-corrected chi connectivity index (χ2v) is 20.9. The van der Waals surface area contributed by atoms with Crippen LogP contribution in [0.3, 0.4) is 0 Å². The monoisotopic (exact) mass is 603 g/mol. The molecule has 38 heavy (non-hydrogen) atoms. The molecule has 0 aliphatic rings. The van der Waals surface area contributed by atoms with Crippen LogP contribution < -0.4 is 20.6 Å². The SMILES string of the molecule is CC(=O)[O-].CC(=O)[O-].Cc1cc([Si](C)(C)C)cc(C=NCN=Cc2cc([Si](C)(C)C)cc(C)c2O)c1O.[Co+2]. The summed E-state index contributed by atoms with van der Waals surface area (Å²) in [6, 6.07) is 8.23. The van der Waals surface area contributed by atoms with Gasteiger partial charge in [0.05, 0.1) is 16.1 Å². The van der Waals surface area contributed by atoms with Crippen LogP contribution in [0.25, 0.3) is 0 Å². The number of rotatable bonds is 6. The minimum Gasteiger partial charge on any atom is -0.550 e. The number of nitrogens with zero attached hydrogens (tertiary/aromatic N) is 2. The average molecular weight is 604 g/mol. The Morgan fingerprint density at radius 3 is 1.24 bits per heavy atom. The molecule has 0 spiro atoms. The molecule has 0 heterocycles. The maximum Gasteiger partial charge on any atom is 2.00 e. The number of aliphatic carboxylic acids is 2. The van der Waals surface area contributed by atoms with E-state index in [4.69, 9.17) is 19.8 Å². The number of carboxylic acid groups (broad SMARTS) is 2. The molecule has 0 aliphatic carbocycles. The molecule has 0 saturated heterocycles. The molecule has 11 heteroatoms. The maximum atomic E-state index is 10.4. The number of carboxylic acids is 2. The van der Waals surface area contributed by atoms with Crippen LogP contribution in [0.4, 0.5) is 0 Å². The van der Waals surface area contributed by atoms with Crippen molar-refractivity contribution in [2.24, 2.45) is 9.98 Å². The standard InChI is InChI=1S/C23H34N2O2Si2.2C2H4O2.Co/c1-16-9-20(28(3,4)5)11-18(22(16)26)13-24-15-25-14-19-12-21(29(6,7)8)10-17(2)23(19)27;2*1-2(3)4;/h9-14,26-27H,15H2,1-8H3;2*1H3,(H,3,4);/q;;;+2/p-2. The average Bonchev–Trinajstić information content (AvgIpc) is 2.71. The minimum absolute atomic E-state index is 0. The van der Waals surface area contributed by atoms with Gasteiger partial charge in [0.2, 0.25) is 0 Å². The number of hydrogen-bond acceptors (Lipinski definition) is 8. The van der Waals surface area contributed by atoms with E-state index >= 15 is 0 Å². The van der Waals surface area contributed by atoms with E-state index in [0.29, 0.717) is 0 Å². The molecule has 0 amide bonds. The van der Waals surface area contributed by atoms with Crippen LogP contribution in [-0.4, -0.2) is 57.4 Å². The third kappa shape index (κ3) is 14.3. The molecule has 2 rings (SSSR count). The van der Waals surface area contributed by atoms with Crippen LogP contribution >= 0.6 is 0 Å². The van der Waals surface area contributed by atoms with Gasteiger partial charge in [0, 0.05) is 35.5 Å². The van der Waals surface area contributed by atoms with E-state index in [1.807, 2.05) is 26.0 Å². The van der Waals surface area contributed by atoms with Crippen molar-refractivity contribution < 1.29 is 46.8 Å². The van der Waals surface area contributed by atoms with Crippen LogP contribution in [0.5, 0.6) is 11.5 Å². The van der Waals surface area contributed by atoms with Gasteiger partial charge in [0.15, 0.2) is 0 Å². The zero-order valence-corrected chi connectivity index (χ0v) is 27.0. The van der Waals surface area contributed by atoms with Gasteiger partial charge in [-0.15, -0.1) is 0 Å². The van der Waals surface area contributed by atoms with E-state index in [2.05, 4.69) is 61.4 Å². The number of aryl methyl sites for hydroxylation is 2. The first-order valence-corrected chi connectivity index (χ1v) is 18.8. The molecule has 1 radical (unpaired) electrons. The molecule has 0 aliphatic heterocycles. The van der Waals surface area contributed by atoms with Gasteiger partial charge < -0.3 is 30.0 Å². The molecule has 2 aromatic carbocycles. The second kappa shape index (κ2) is 16.3. The van der Waals surface area contributed by atoms with E-state index in [9.17, 15) is 10.2 Å². The molecule has 0 bridgehead atoms. The normalized spacial score (nSPS) is 11.2. The van der Waals surface area contributed by atoms with E-state index < -0.39 is 28.1 Å². The Hall–Kier alpha value is -2.74. The van der Waals surface area contributed by atoms with Gasteiger partial charge in [-0.2, -0.15) is 0 Å². The summed E-state index contributed by atoms with van der Waals surface area (Å²) in [7, 11) is -2.95. The largest absolute Gasteiger partial charge is 2.00 e. The summed E-state index contributed by atoms with van der Waals surface area (Å²) >= 11 is 0. The summed E-state index contributed by atoms with van der Waals surface area (Å²) in [5, 5.41) is 41.1. The number of carbonyl (C=O) groups is 2. The minimum atomic E-state index is -1.48. The summed E-state index contributed by atoms with van der Waals surface area (Å²) < 4.78 is 0. The van der Waals surface area contributed by atoms with Crippen molar-refractivity contribution in [2.45, 2.75) is 67.0 Å². The molecule has 0 atom stereocenters. The fraction of sp³-hybridized carbons (Fsp3) is 0.407. The Morgan fingerprint density at radius 2 is 1.00 bits per heavy atom. The van der Waals surface area contributed by atoms with E-state index in [1.165, 1.54) is 10.4 Å². The number of phenolic OH excluding ortho intramolecular Hbond substituents is 2. The topological polar surface area (TPSA) is 145 Å². The molecule has 8 nitrogen and oxygen atoms in total. The molecular formula is C27H40CoN2O6Si2. The number of hydrogen-bond donors (Lipinski definition) is 2. The second-order valence-electron chi connectivity index (χ2n) is 10.7. The summed E-state index contributed by atoms with van der Waals surface area (Å²) in [6.07, 6.45) is 3.37. The predicted molar refractivity (Wildman–Crippen MR) is 153 cm³/mol. The van der Waals surface area contributed by atoms with E-state index in [-0.39, 0.29) is 34.9 Å². The van der Waals surface area contributed by atoms with Crippen molar-refractivity contribution in [1.29, 1.82) is 0 Å². The Bertz CT molecular complexity index is 1060. The zero-order chi connectivity index (χ0) is 29.1. The number of aliphatic imine (C=N–C) groups is 2. The van der Waals surface area contributed by atoms with Gasteiger partial charge in [-0.1, -0.05) is 73.9 Å². The van der Waals surface area contributed by atoms with Gasteiger partial charge in [-0.25, -0.2) is 0 Å². The molecule has 211 valence electrons. The Labute approximate surface area is 238 Å². The molecule has 0 aromatic heterocycles. The van der Waals surface area contributed by atoms with Crippen molar-refractivity contribution in [1.82, 2.24) is 0 Å². The van der Waals surface area contributed by atoms with Crippen LogP contribution in [-0.2, 0) is 26.4 Å². The van der Waals surface area contributed by atoms with E-state index in [1.54, 1.807) is 12.4 Å². The summed E-state index contributed by atoms with van der Waals surface area (Å²) in [4.78, 5) is 26.5. The third-order valence-electron chi connectivity index (χ3n) is 5.02. The quantitative estimate of drug-likeness (QED) is 0.381. The van der Waals surface area contributed by atoms with Crippen LogP contribution in [0, 0.1) is 13.8 Å². The first-order chi connectivity index (χ1) is 16.8. The fourth-order valence-corrected chi connectivity index (χ4v) is 5.48. The summed E-state index contributed by atoms with van der Waals surface area (Å²) in [5.74, 6) is -1.62. The van der Waals surface area contributed by atoms with Gasteiger partial charge >= 0.3 is 16.8 Å². The fourth-order valence-electron chi connectivity index (χ4n) is 3.00. The molecule has 2 N–H and O–H groups in total. The number of phenols is 2. The van der Waals surface area contributed by atoms with Crippen molar-refractivity contribution in [3.63, 3.8) is 0 Å². The number of carbonyl (C=O) groups excluding carboxylic acids is 2. The summed E-state index contributed by atoms with van der Waals surface area (Å²) in [6.45, 7) is 19.7.